The van der Waals surface area contributed by atoms with E-state index in [1.165, 1.54) is 25.6 Å². The van der Waals surface area contributed by atoms with Crippen LogP contribution in [0.15, 0.2) is 48.8 Å². The molecule has 0 aliphatic carbocycles. The molecule has 25 heavy (non-hydrogen) atoms. The van der Waals surface area contributed by atoms with Crippen molar-refractivity contribution in [3.05, 3.63) is 65.7 Å². The Morgan fingerprint density at radius 3 is 2.72 bits per heavy atom. The van der Waals surface area contributed by atoms with Gasteiger partial charge in [-0.05, 0) is 35.9 Å². The number of methoxy groups -OCH3 is 1. The van der Waals surface area contributed by atoms with Crippen LogP contribution >= 0.6 is 0 Å². The molecule has 0 unspecified atom stereocenters. The SMILES string of the molecule is COC(=O)[C@@H](Cc1ccc(F)cc1)NC(=O)c1ccc2nc[nH]c2c1. The molecule has 0 bridgehead atoms. The van der Waals surface area contributed by atoms with Crippen LogP contribution in [-0.2, 0) is 16.0 Å². The van der Waals surface area contributed by atoms with E-state index >= 15 is 0 Å². The smallest absolute Gasteiger partial charge is 0.328 e. The summed E-state index contributed by atoms with van der Waals surface area (Å²) in [5.41, 5.74) is 2.57. The van der Waals surface area contributed by atoms with Gasteiger partial charge in [0.25, 0.3) is 5.91 Å². The maximum Gasteiger partial charge on any atom is 0.328 e. The fourth-order valence-electron chi connectivity index (χ4n) is 2.51. The first-order valence-corrected chi connectivity index (χ1v) is 7.63. The van der Waals surface area contributed by atoms with E-state index in [0.717, 1.165) is 11.0 Å². The van der Waals surface area contributed by atoms with Crippen molar-refractivity contribution in [2.75, 3.05) is 7.11 Å². The van der Waals surface area contributed by atoms with Gasteiger partial charge in [-0.15, -0.1) is 0 Å². The number of aromatic amines is 1. The molecule has 0 spiro atoms. The number of hydrogen-bond donors (Lipinski definition) is 2. The highest BCUT2D eigenvalue weighted by Gasteiger charge is 2.23. The third-order valence-corrected chi connectivity index (χ3v) is 3.83. The molecule has 7 heteroatoms. The Kier molecular flexibility index (Phi) is 4.74. The highest BCUT2D eigenvalue weighted by atomic mass is 19.1. The quantitative estimate of drug-likeness (QED) is 0.697. The minimum absolute atomic E-state index is 0.199. The predicted molar refractivity (Wildman–Crippen MR) is 89.5 cm³/mol. The number of ether oxygens (including phenoxy) is 1. The summed E-state index contributed by atoms with van der Waals surface area (Å²) in [6, 6.07) is 9.86. The molecule has 1 amide bonds. The number of amides is 1. The molecule has 2 aromatic carbocycles. The number of nitrogens with one attached hydrogen (secondary N) is 2. The molecule has 6 nitrogen and oxygen atoms in total. The molecule has 2 N–H and O–H groups in total. The Bertz CT molecular complexity index is 905. The van der Waals surface area contributed by atoms with Gasteiger partial charge in [0, 0.05) is 12.0 Å². The highest BCUT2D eigenvalue weighted by Crippen LogP contribution is 2.13. The number of nitrogens with zero attached hydrogens (tertiary/aromatic N) is 1. The van der Waals surface area contributed by atoms with Gasteiger partial charge < -0.3 is 15.0 Å². The Hall–Kier alpha value is -3.22. The molecule has 3 aromatic rings. The average molecular weight is 341 g/mol. The van der Waals surface area contributed by atoms with E-state index in [-0.39, 0.29) is 12.2 Å². The zero-order valence-corrected chi connectivity index (χ0v) is 13.5. The first-order valence-electron chi connectivity index (χ1n) is 7.63. The third-order valence-electron chi connectivity index (χ3n) is 3.83. The van der Waals surface area contributed by atoms with E-state index < -0.39 is 17.9 Å². The van der Waals surface area contributed by atoms with Crippen molar-refractivity contribution >= 4 is 22.9 Å². The van der Waals surface area contributed by atoms with Gasteiger partial charge in [-0.1, -0.05) is 12.1 Å². The molecule has 0 fully saturated rings. The molecule has 1 aromatic heterocycles. The van der Waals surface area contributed by atoms with Crippen LogP contribution in [0.2, 0.25) is 0 Å². The number of hydrogen-bond acceptors (Lipinski definition) is 4. The van der Waals surface area contributed by atoms with Gasteiger partial charge >= 0.3 is 5.97 Å². The Morgan fingerprint density at radius 1 is 1.24 bits per heavy atom. The first kappa shape index (κ1) is 16.6. The summed E-state index contributed by atoms with van der Waals surface area (Å²) < 4.78 is 17.8. The van der Waals surface area contributed by atoms with Gasteiger partial charge in [0.05, 0.1) is 24.5 Å². The number of rotatable bonds is 5. The lowest BCUT2D eigenvalue weighted by Gasteiger charge is -2.16. The van der Waals surface area contributed by atoms with Crippen LogP contribution in [0.3, 0.4) is 0 Å². The van der Waals surface area contributed by atoms with E-state index in [4.69, 9.17) is 4.74 Å². The predicted octanol–water partition coefficient (Wildman–Crippen LogP) is 2.22. The summed E-state index contributed by atoms with van der Waals surface area (Å²) in [7, 11) is 1.25. The van der Waals surface area contributed by atoms with E-state index in [1.54, 1.807) is 30.3 Å². The molecule has 0 saturated carbocycles. The topological polar surface area (TPSA) is 84.1 Å². The normalized spacial score (nSPS) is 11.9. The second kappa shape index (κ2) is 7.12. The van der Waals surface area contributed by atoms with Crippen molar-refractivity contribution in [3.8, 4) is 0 Å². The molecular weight excluding hydrogens is 325 g/mol. The number of carbonyl (C=O) groups is 2. The largest absolute Gasteiger partial charge is 0.467 e. The molecule has 128 valence electrons. The van der Waals surface area contributed by atoms with Gasteiger partial charge in [-0.25, -0.2) is 14.2 Å². The minimum Gasteiger partial charge on any atom is -0.467 e. The monoisotopic (exact) mass is 341 g/mol. The molecule has 0 aliphatic heterocycles. The number of esters is 1. The van der Waals surface area contributed by atoms with Crippen LogP contribution in [0.4, 0.5) is 4.39 Å². The van der Waals surface area contributed by atoms with Crippen LogP contribution in [0, 0.1) is 5.82 Å². The molecule has 0 saturated heterocycles. The Balaban J connectivity index is 1.77. The number of imidazole rings is 1. The number of fused-ring (bicyclic) bond motifs is 1. The fourth-order valence-corrected chi connectivity index (χ4v) is 2.51. The van der Waals surface area contributed by atoms with Gasteiger partial charge in [0.1, 0.15) is 11.9 Å². The van der Waals surface area contributed by atoms with Crippen LogP contribution in [0.25, 0.3) is 11.0 Å². The fraction of sp³-hybridized carbons (Fsp3) is 0.167. The van der Waals surface area contributed by atoms with Gasteiger partial charge in [-0.3, -0.25) is 4.79 Å². The van der Waals surface area contributed by atoms with E-state index in [1.807, 2.05) is 0 Å². The summed E-state index contributed by atoms with van der Waals surface area (Å²) in [6.45, 7) is 0. The summed E-state index contributed by atoms with van der Waals surface area (Å²) in [6.07, 6.45) is 1.74. The number of benzene rings is 2. The second-order valence-electron chi connectivity index (χ2n) is 5.51. The lowest BCUT2D eigenvalue weighted by atomic mass is 10.1. The lowest BCUT2D eigenvalue weighted by molar-refractivity contribution is -0.142. The van der Waals surface area contributed by atoms with E-state index in [0.29, 0.717) is 11.1 Å². The third kappa shape index (κ3) is 3.82. The summed E-state index contributed by atoms with van der Waals surface area (Å²) >= 11 is 0. The van der Waals surface area contributed by atoms with Crippen LogP contribution in [-0.4, -0.2) is 35.0 Å². The molecule has 1 heterocycles. The zero-order valence-electron chi connectivity index (χ0n) is 13.5. The molecule has 3 rings (SSSR count). The molecule has 1 atom stereocenters. The molecule has 0 radical (unpaired) electrons. The first-order chi connectivity index (χ1) is 12.1. The van der Waals surface area contributed by atoms with Gasteiger partial charge in [0.2, 0.25) is 0 Å². The number of H-pyrrole nitrogens is 1. The van der Waals surface area contributed by atoms with Crippen molar-refractivity contribution in [2.24, 2.45) is 0 Å². The van der Waals surface area contributed by atoms with E-state index in [2.05, 4.69) is 15.3 Å². The second-order valence-corrected chi connectivity index (χ2v) is 5.51. The lowest BCUT2D eigenvalue weighted by Crippen LogP contribution is -2.43. The number of aromatic nitrogens is 2. The maximum atomic E-state index is 13.0. The zero-order chi connectivity index (χ0) is 17.8. The van der Waals surface area contributed by atoms with Gasteiger partial charge in [-0.2, -0.15) is 0 Å². The Morgan fingerprint density at radius 2 is 2.00 bits per heavy atom. The highest BCUT2D eigenvalue weighted by molar-refractivity contribution is 5.99. The van der Waals surface area contributed by atoms with Crippen molar-refractivity contribution < 1.29 is 18.7 Å². The maximum absolute atomic E-state index is 13.0. The standard InChI is InChI=1S/C18H16FN3O3/c1-25-18(24)16(8-11-2-5-13(19)6-3-11)22-17(23)12-4-7-14-15(9-12)21-10-20-14/h2-7,9-10,16H,8H2,1H3,(H,20,21)(H,22,23)/t16-/m1/s1. The van der Waals surface area contributed by atoms with Crippen molar-refractivity contribution in [1.29, 1.82) is 0 Å². The number of carbonyl (C=O) groups excluding carboxylic acids is 2. The van der Waals surface area contributed by atoms with Crippen LogP contribution < -0.4 is 5.32 Å². The summed E-state index contributed by atoms with van der Waals surface area (Å²) in [4.78, 5) is 31.5. The van der Waals surface area contributed by atoms with Crippen LogP contribution in [0.1, 0.15) is 15.9 Å². The van der Waals surface area contributed by atoms with Crippen molar-refractivity contribution in [1.82, 2.24) is 15.3 Å². The minimum atomic E-state index is -0.875. The van der Waals surface area contributed by atoms with E-state index in [9.17, 15) is 14.0 Å². The summed E-state index contributed by atoms with van der Waals surface area (Å²) in [5.74, 6) is -1.34. The molecule has 0 aliphatic rings. The van der Waals surface area contributed by atoms with Crippen LogP contribution in [0.5, 0.6) is 0 Å². The Labute approximate surface area is 143 Å². The number of halogens is 1. The van der Waals surface area contributed by atoms with Gasteiger partial charge in [0.15, 0.2) is 0 Å². The van der Waals surface area contributed by atoms with Crippen molar-refractivity contribution in [2.45, 2.75) is 12.5 Å². The summed E-state index contributed by atoms with van der Waals surface area (Å²) in [5, 5.41) is 2.66. The average Bonchev–Trinajstić information content (AvgIpc) is 3.09. The molecular formula is C18H16FN3O3. The van der Waals surface area contributed by atoms with Crippen molar-refractivity contribution in [3.63, 3.8) is 0 Å².